The Balaban J connectivity index is 1.11. The van der Waals surface area contributed by atoms with Crippen LogP contribution in [0.3, 0.4) is 0 Å². The van der Waals surface area contributed by atoms with Gasteiger partial charge in [-0.25, -0.2) is 4.79 Å². The van der Waals surface area contributed by atoms with Gasteiger partial charge in [-0.05, 0) is 113 Å². The zero-order chi connectivity index (χ0) is 46.7. The van der Waals surface area contributed by atoms with Crippen molar-refractivity contribution in [2.24, 2.45) is 11.8 Å². The molecule has 346 valence electrons. The normalized spacial score (nSPS) is 25.5. The molecule has 0 aromatic heterocycles. The van der Waals surface area contributed by atoms with E-state index in [0.29, 0.717) is 71.1 Å². The van der Waals surface area contributed by atoms with Gasteiger partial charge >= 0.3 is 5.97 Å². The van der Waals surface area contributed by atoms with Gasteiger partial charge in [0.15, 0.2) is 11.6 Å². The van der Waals surface area contributed by atoms with E-state index in [-0.39, 0.29) is 54.5 Å². The molecular formula is C51H66N2O11. The number of phenolic OH excluding ortho intramolecular Hbond substituents is 1. The number of rotatable bonds is 17. The second-order valence-electron chi connectivity index (χ2n) is 19.5. The Kier molecular flexibility index (Phi) is 14.6. The second kappa shape index (κ2) is 19.4. The first kappa shape index (κ1) is 48.2. The minimum absolute atomic E-state index is 0.0568. The molecule has 13 heteroatoms. The molecule has 4 aliphatic heterocycles. The Morgan fingerprint density at radius 1 is 0.906 bits per heavy atom. The van der Waals surface area contributed by atoms with E-state index in [9.17, 15) is 33.9 Å². The van der Waals surface area contributed by atoms with Gasteiger partial charge in [-0.1, -0.05) is 54.7 Å². The molecule has 5 atom stereocenters. The van der Waals surface area contributed by atoms with E-state index in [2.05, 4.69) is 31.3 Å². The summed E-state index contributed by atoms with van der Waals surface area (Å²) in [5.74, 6) is -2.88. The van der Waals surface area contributed by atoms with Crippen molar-refractivity contribution in [2.75, 3.05) is 6.54 Å². The van der Waals surface area contributed by atoms with Gasteiger partial charge < -0.3 is 29.5 Å². The van der Waals surface area contributed by atoms with Gasteiger partial charge in [-0.15, -0.1) is 5.06 Å². The van der Waals surface area contributed by atoms with Crippen LogP contribution in [-0.2, 0) is 40.0 Å². The van der Waals surface area contributed by atoms with Crippen LogP contribution in [0.5, 0.6) is 17.2 Å². The number of carbonyl (C=O) groups is 6. The first-order valence-electron chi connectivity index (χ1n) is 22.9. The number of benzene rings is 1. The molecule has 5 unspecified atom stereocenters. The van der Waals surface area contributed by atoms with Crippen molar-refractivity contribution in [1.29, 1.82) is 0 Å². The van der Waals surface area contributed by atoms with Crippen LogP contribution in [0.25, 0.3) is 6.08 Å². The second-order valence-corrected chi connectivity index (χ2v) is 19.5. The first-order chi connectivity index (χ1) is 30.1. The van der Waals surface area contributed by atoms with Crippen LogP contribution < -0.4 is 14.8 Å². The van der Waals surface area contributed by atoms with E-state index in [1.807, 2.05) is 46.8 Å². The van der Waals surface area contributed by atoms with Gasteiger partial charge in [-0.3, -0.25) is 24.0 Å². The lowest BCUT2D eigenvalue weighted by Gasteiger charge is -2.45. The molecule has 2 N–H and O–H groups in total. The summed E-state index contributed by atoms with van der Waals surface area (Å²) in [6.45, 7) is 17.9. The number of carbonyl (C=O) groups excluding carboxylic acids is 6. The van der Waals surface area contributed by atoms with E-state index in [1.54, 1.807) is 26.0 Å². The van der Waals surface area contributed by atoms with Crippen LogP contribution in [0.2, 0.25) is 0 Å². The van der Waals surface area contributed by atoms with Crippen LogP contribution in [-0.4, -0.2) is 74.9 Å². The number of allylic oxidation sites excluding steroid dienone is 5. The van der Waals surface area contributed by atoms with Gasteiger partial charge in [0.1, 0.15) is 40.1 Å². The molecule has 0 saturated carbocycles. The van der Waals surface area contributed by atoms with Crippen LogP contribution in [0.1, 0.15) is 161 Å². The molecule has 13 nitrogen and oxygen atoms in total. The number of amides is 3. The van der Waals surface area contributed by atoms with Gasteiger partial charge in [0.2, 0.25) is 5.91 Å². The number of imide groups is 1. The van der Waals surface area contributed by atoms with Crippen LogP contribution in [0, 0.1) is 11.8 Å². The summed E-state index contributed by atoms with van der Waals surface area (Å²) in [5.41, 5.74) is 1.37. The van der Waals surface area contributed by atoms with Crippen molar-refractivity contribution >= 4 is 41.3 Å². The van der Waals surface area contributed by atoms with Crippen molar-refractivity contribution in [3.05, 3.63) is 69.4 Å². The fourth-order valence-electron chi connectivity index (χ4n) is 9.38. The average molecular weight is 883 g/mol. The average Bonchev–Trinajstić information content (AvgIpc) is 3.51. The highest BCUT2D eigenvalue weighted by molar-refractivity contribution is 6.16. The maximum atomic E-state index is 14.7. The smallest absolute Gasteiger partial charge is 0.333 e. The van der Waals surface area contributed by atoms with Crippen LogP contribution in [0.15, 0.2) is 52.7 Å². The van der Waals surface area contributed by atoms with Crippen LogP contribution in [0.4, 0.5) is 0 Å². The highest BCUT2D eigenvalue weighted by Crippen LogP contribution is 2.55. The zero-order valence-electron chi connectivity index (χ0n) is 39.1. The largest absolute Gasteiger partial charge is 0.506 e. The van der Waals surface area contributed by atoms with Gasteiger partial charge in [0.25, 0.3) is 11.8 Å². The molecule has 1 aromatic carbocycles. The third-order valence-corrected chi connectivity index (χ3v) is 13.1. The van der Waals surface area contributed by atoms with E-state index in [4.69, 9.17) is 19.0 Å². The molecule has 5 aliphatic rings. The summed E-state index contributed by atoms with van der Waals surface area (Å²) in [4.78, 5) is 82.5. The summed E-state index contributed by atoms with van der Waals surface area (Å²) in [6, 6.07) is 0. The number of nitrogens with one attached hydrogen (secondary N) is 1. The lowest BCUT2D eigenvalue weighted by molar-refractivity contribution is -0.197. The Hall–Kier alpha value is -5.30. The quantitative estimate of drug-likeness (QED) is 0.0662. The van der Waals surface area contributed by atoms with Crippen molar-refractivity contribution < 1.29 is 52.9 Å². The number of ketones is 2. The Morgan fingerprint density at radius 2 is 1.58 bits per heavy atom. The monoisotopic (exact) mass is 882 g/mol. The standard InChI is InChI=1S/C51H66N2O11/c1-30(2)16-15-24-50(8)25-23-34-42(57)41-43(58)36-28-33-29-37(45(36)61-46(41)35(44(34)62-50)19-18-31(3)4)49(6,7)64-51(9,47(33)59)26-22-32(5)48(60)52-27-14-12-10-11-13-17-40(56)63-53-38(54)20-21-39(53)55/h16,18,22-23,25,28,33,37,45,57H,10-15,17,19-21,24,26-27,29H2,1-9H3,(H,52,60)/b32-22-. The van der Waals surface area contributed by atoms with Crippen molar-refractivity contribution in [1.82, 2.24) is 10.4 Å². The topological polar surface area (TPSA) is 175 Å². The summed E-state index contributed by atoms with van der Waals surface area (Å²) in [6.07, 6.45) is 17.1. The van der Waals surface area contributed by atoms with Crippen LogP contribution >= 0.6 is 0 Å². The molecule has 3 amide bonds. The number of nitrogens with zero attached hydrogens (tertiary/aromatic N) is 1. The van der Waals surface area contributed by atoms with Gasteiger partial charge in [0, 0.05) is 60.8 Å². The fraction of sp³-hybridized carbons (Fsp3) is 0.569. The Morgan fingerprint density at radius 3 is 2.27 bits per heavy atom. The van der Waals surface area contributed by atoms with Crippen molar-refractivity contribution in [3.8, 4) is 17.2 Å². The highest BCUT2D eigenvalue weighted by atomic mass is 16.7. The van der Waals surface area contributed by atoms with E-state index >= 15 is 0 Å². The van der Waals surface area contributed by atoms with E-state index < -0.39 is 52.5 Å². The number of ether oxygens (including phenoxy) is 3. The zero-order valence-corrected chi connectivity index (χ0v) is 39.1. The van der Waals surface area contributed by atoms with E-state index in [0.717, 1.165) is 37.7 Å². The maximum absolute atomic E-state index is 14.7. The minimum Gasteiger partial charge on any atom is -0.506 e. The SMILES string of the molecule is CC(C)=CCCC1(C)C=Cc2c(O)c3c(c(CC=C(C)C)c2O1)OC1C(=CC2CC1C(C)(C)OC(C)(C/C=C(/C)C(=O)NCCCCCCCC(=O)ON1C(=O)CCC1=O)C2=O)C3=O. The number of Topliss-reactive ketones (excluding diaryl/α,β-unsaturated/α-hetero) is 2. The molecule has 4 heterocycles. The summed E-state index contributed by atoms with van der Waals surface area (Å²) < 4.78 is 20.5. The number of hydrogen-bond donors (Lipinski definition) is 2. The molecule has 2 saturated heterocycles. The van der Waals surface area contributed by atoms with Gasteiger partial charge in [-0.2, -0.15) is 0 Å². The maximum Gasteiger partial charge on any atom is 0.333 e. The lowest BCUT2D eigenvalue weighted by atomic mass is 9.69. The molecule has 0 radical (unpaired) electrons. The number of fused-ring (bicyclic) bond motifs is 6. The predicted octanol–water partition coefficient (Wildman–Crippen LogP) is 8.85. The van der Waals surface area contributed by atoms with Crippen molar-refractivity contribution in [2.45, 2.75) is 169 Å². The molecule has 64 heavy (non-hydrogen) atoms. The number of aromatic hydroxyl groups is 1. The molecule has 6 rings (SSSR count). The number of hydroxylamine groups is 2. The molecule has 1 aromatic rings. The molecule has 2 fully saturated rings. The van der Waals surface area contributed by atoms with Crippen molar-refractivity contribution in [3.63, 3.8) is 0 Å². The minimum atomic E-state index is -1.32. The Labute approximate surface area is 377 Å². The lowest BCUT2D eigenvalue weighted by Crippen LogP contribution is -2.50. The summed E-state index contributed by atoms with van der Waals surface area (Å²) in [7, 11) is 0. The van der Waals surface area contributed by atoms with E-state index in [1.165, 1.54) is 5.57 Å². The predicted molar refractivity (Wildman–Crippen MR) is 241 cm³/mol. The third kappa shape index (κ3) is 10.5. The fourth-order valence-corrected chi connectivity index (χ4v) is 9.38. The summed E-state index contributed by atoms with van der Waals surface area (Å²) >= 11 is 0. The first-order valence-corrected chi connectivity index (χ1v) is 22.9. The number of phenols is 1. The highest BCUT2D eigenvalue weighted by Gasteiger charge is 2.57. The Bertz CT molecular complexity index is 2220. The number of unbranched alkanes of at least 4 members (excludes halogenated alkanes) is 4. The summed E-state index contributed by atoms with van der Waals surface area (Å²) in [5, 5.41) is 15.4. The molecular weight excluding hydrogens is 817 g/mol. The molecule has 1 aliphatic carbocycles. The third-order valence-electron chi connectivity index (χ3n) is 13.1. The molecule has 2 bridgehead atoms. The number of hydrogen-bond acceptors (Lipinski definition) is 11. The van der Waals surface area contributed by atoms with Gasteiger partial charge in [0.05, 0.1) is 11.2 Å². The molecule has 0 spiro atoms.